The fourth-order valence-corrected chi connectivity index (χ4v) is 1.11. The van der Waals surface area contributed by atoms with E-state index >= 15 is 0 Å². The number of hydrogen-bond acceptors (Lipinski definition) is 5. The van der Waals surface area contributed by atoms with Crippen molar-refractivity contribution in [2.45, 2.75) is 12.6 Å². The van der Waals surface area contributed by atoms with Crippen LogP contribution in [0.3, 0.4) is 0 Å². The van der Waals surface area contributed by atoms with Crippen LogP contribution in [-0.2, 0) is 0 Å². The monoisotopic (exact) mass is 260 g/mol. The van der Waals surface area contributed by atoms with Crippen LogP contribution in [0.15, 0.2) is 12.1 Å². The standard InChI is InChI=1S/C9H7F3N4O2/c10-9(11,12)3-4-14-8-2-1-7(16(17)18)6(5-13)15-8/h1-2H,3-4H2,(H,14,15). The Hall–Kier alpha value is -2.37. The Morgan fingerprint density at radius 3 is 2.67 bits per heavy atom. The van der Waals surface area contributed by atoms with Crippen molar-refractivity contribution in [2.75, 3.05) is 11.9 Å². The highest BCUT2D eigenvalue weighted by Gasteiger charge is 2.26. The second-order valence-electron chi connectivity index (χ2n) is 3.23. The molecule has 1 N–H and O–H groups in total. The van der Waals surface area contributed by atoms with Crippen molar-refractivity contribution in [3.05, 3.63) is 27.9 Å². The van der Waals surface area contributed by atoms with Crippen molar-refractivity contribution in [1.29, 1.82) is 5.26 Å². The first-order valence-electron chi connectivity index (χ1n) is 4.69. The molecule has 0 aliphatic carbocycles. The number of anilines is 1. The molecule has 1 rings (SSSR count). The van der Waals surface area contributed by atoms with Gasteiger partial charge in [0.2, 0.25) is 5.69 Å². The molecule has 96 valence electrons. The average molecular weight is 260 g/mol. The van der Waals surface area contributed by atoms with Gasteiger partial charge in [0.05, 0.1) is 11.3 Å². The first-order valence-corrected chi connectivity index (χ1v) is 4.69. The van der Waals surface area contributed by atoms with Gasteiger partial charge in [0.25, 0.3) is 0 Å². The second kappa shape index (κ2) is 5.31. The summed E-state index contributed by atoms with van der Waals surface area (Å²) in [4.78, 5) is 13.2. The molecule has 9 heteroatoms. The Morgan fingerprint density at radius 1 is 1.50 bits per heavy atom. The van der Waals surface area contributed by atoms with E-state index in [-0.39, 0.29) is 5.82 Å². The zero-order valence-electron chi connectivity index (χ0n) is 8.86. The number of aromatic nitrogens is 1. The molecular formula is C9H7F3N4O2. The van der Waals surface area contributed by atoms with Crippen molar-refractivity contribution >= 4 is 11.5 Å². The van der Waals surface area contributed by atoms with E-state index in [4.69, 9.17) is 5.26 Å². The van der Waals surface area contributed by atoms with E-state index < -0.39 is 35.4 Å². The van der Waals surface area contributed by atoms with Crippen LogP contribution in [0.4, 0.5) is 24.7 Å². The van der Waals surface area contributed by atoms with E-state index in [1.54, 1.807) is 0 Å². The Bertz CT molecular complexity index is 496. The number of pyridine rings is 1. The molecule has 0 radical (unpaired) electrons. The summed E-state index contributed by atoms with van der Waals surface area (Å²) in [7, 11) is 0. The minimum absolute atomic E-state index is 0.0126. The molecule has 0 aromatic carbocycles. The zero-order chi connectivity index (χ0) is 13.8. The number of rotatable bonds is 4. The summed E-state index contributed by atoms with van der Waals surface area (Å²) in [6.45, 7) is -0.417. The van der Waals surface area contributed by atoms with Crippen LogP contribution >= 0.6 is 0 Å². The molecule has 18 heavy (non-hydrogen) atoms. The SMILES string of the molecule is N#Cc1nc(NCCC(F)(F)F)ccc1[N+](=O)[O-]. The lowest BCUT2D eigenvalue weighted by Gasteiger charge is -2.08. The summed E-state index contributed by atoms with van der Waals surface area (Å²) in [6, 6.07) is 3.67. The molecule has 0 spiro atoms. The molecule has 0 fully saturated rings. The van der Waals surface area contributed by atoms with Gasteiger partial charge in [-0.15, -0.1) is 0 Å². The molecule has 0 bridgehead atoms. The molecule has 0 amide bonds. The number of nitro groups is 1. The fourth-order valence-electron chi connectivity index (χ4n) is 1.11. The number of halogens is 3. The van der Waals surface area contributed by atoms with Gasteiger partial charge >= 0.3 is 11.9 Å². The highest BCUT2D eigenvalue weighted by Crippen LogP contribution is 2.21. The van der Waals surface area contributed by atoms with E-state index in [2.05, 4.69) is 10.3 Å². The van der Waals surface area contributed by atoms with Gasteiger partial charge in [-0.2, -0.15) is 18.4 Å². The van der Waals surface area contributed by atoms with Gasteiger partial charge in [-0.3, -0.25) is 10.1 Å². The minimum atomic E-state index is -4.30. The van der Waals surface area contributed by atoms with Gasteiger partial charge in [-0.1, -0.05) is 0 Å². The second-order valence-corrected chi connectivity index (χ2v) is 3.23. The lowest BCUT2D eigenvalue weighted by Crippen LogP contribution is -2.15. The summed E-state index contributed by atoms with van der Waals surface area (Å²) in [5.41, 5.74) is -0.934. The molecule has 6 nitrogen and oxygen atoms in total. The first-order chi connectivity index (χ1) is 8.33. The zero-order valence-corrected chi connectivity index (χ0v) is 8.86. The molecule has 1 heterocycles. The Kier molecular flexibility index (Phi) is 4.04. The molecule has 1 aromatic rings. The van der Waals surface area contributed by atoms with Crippen LogP contribution in [0.2, 0.25) is 0 Å². The van der Waals surface area contributed by atoms with Gasteiger partial charge < -0.3 is 5.32 Å². The number of nitrogens with one attached hydrogen (secondary N) is 1. The lowest BCUT2D eigenvalue weighted by molar-refractivity contribution is -0.385. The predicted octanol–water partition coefficient (Wildman–Crippen LogP) is 2.23. The van der Waals surface area contributed by atoms with Gasteiger partial charge in [0.1, 0.15) is 11.9 Å². The van der Waals surface area contributed by atoms with Crippen LogP contribution in [-0.4, -0.2) is 22.6 Å². The third-order valence-electron chi connectivity index (χ3n) is 1.89. The molecule has 0 aliphatic rings. The third kappa shape index (κ3) is 3.89. The largest absolute Gasteiger partial charge is 0.390 e. The summed E-state index contributed by atoms with van der Waals surface area (Å²) in [6.07, 6.45) is -5.36. The molecule has 0 saturated heterocycles. The maximum atomic E-state index is 11.9. The molecule has 0 aliphatic heterocycles. The lowest BCUT2D eigenvalue weighted by atomic mass is 10.3. The summed E-state index contributed by atoms with van der Waals surface area (Å²) < 4.78 is 35.6. The summed E-state index contributed by atoms with van der Waals surface area (Å²) in [5.74, 6) is -0.0126. The maximum absolute atomic E-state index is 11.9. The Balaban J connectivity index is 2.75. The van der Waals surface area contributed by atoms with E-state index in [0.29, 0.717) is 0 Å². The van der Waals surface area contributed by atoms with Crippen LogP contribution in [0, 0.1) is 21.4 Å². The number of alkyl halides is 3. The predicted molar refractivity (Wildman–Crippen MR) is 54.8 cm³/mol. The van der Waals surface area contributed by atoms with Gasteiger partial charge in [0.15, 0.2) is 0 Å². The normalized spacial score (nSPS) is 10.8. The van der Waals surface area contributed by atoms with Crippen LogP contribution in [0.1, 0.15) is 12.1 Å². The smallest absolute Gasteiger partial charge is 0.370 e. The number of nitriles is 1. The number of hydrogen-bond donors (Lipinski definition) is 1. The van der Waals surface area contributed by atoms with Crippen molar-refractivity contribution in [3.63, 3.8) is 0 Å². The van der Waals surface area contributed by atoms with Crippen LogP contribution in [0.25, 0.3) is 0 Å². The topological polar surface area (TPSA) is 91.8 Å². The fraction of sp³-hybridized carbons (Fsp3) is 0.333. The number of nitrogens with zero attached hydrogens (tertiary/aromatic N) is 3. The van der Waals surface area contributed by atoms with Crippen molar-refractivity contribution in [3.8, 4) is 6.07 Å². The van der Waals surface area contributed by atoms with Gasteiger partial charge in [-0.25, -0.2) is 4.98 Å². The van der Waals surface area contributed by atoms with E-state index in [9.17, 15) is 23.3 Å². The van der Waals surface area contributed by atoms with Crippen molar-refractivity contribution in [1.82, 2.24) is 4.98 Å². The maximum Gasteiger partial charge on any atom is 0.390 e. The van der Waals surface area contributed by atoms with Gasteiger partial charge in [-0.05, 0) is 6.07 Å². The quantitative estimate of drug-likeness (QED) is 0.661. The van der Waals surface area contributed by atoms with E-state index in [1.165, 1.54) is 6.07 Å². The summed E-state index contributed by atoms with van der Waals surface area (Å²) in [5, 5.41) is 21.4. The van der Waals surface area contributed by atoms with Crippen molar-refractivity contribution < 1.29 is 18.1 Å². The van der Waals surface area contributed by atoms with E-state index in [0.717, 1.165) is 12.1 Å². The van der Waals surface area contributed by atoms with Crippen molar-refractivity contribution in [2.24, 2.45) is 0 Å². The highest BCUT2D eigenvalue weighted by molar-refractivity contribution is 5.50. The molecule has 1 aromatic heterocycles. The highest BCUT2D eigenvalue weighted by atomic mass is 19.4. The first kappa shape index (κ1) is 13.7. The molecule has 0 unspecified atom stereocenters. The molecule has 0 saturated carbocycles. The summed E-state index contributed by atoms with van der Waals surface area (Å²) >= 11 is 0. The average Bonchev–Trinajstić information content (AvgIpc) is 2.26. The Morgan fingerprint density at radius 2 is 2.17 bits per heavy atom. The minimum Gasteiger partial charge on any atom is -0.370 e. The van der Waals surface area contributed by atoms with E-state index in [1.807, 2.05) is 0 Å². The Labute approximate surface area is 99.2 Å². The third-order valence-corrected chi connectivity index (χ3v) is 1.89. The van der Waals surface area contributed by atoms with Crippen LogP contribution < -0.4 is 5.32 Å². The molecule has 0 atom stereocenters. The van der Waals surface area contributed by atoms with Gasteiger partial charge in [0, 0.05) is 12.6 Å². The molecular weight excluding hydrogens is 253 g/mol. The van der Waals surface area contributed by atoms with Crippen LogP contribution in [0.5, 0.6) is 0 Å².